The summed E-state index contributed by atoms with van der Waals surface area (Å²) in [6, 6.07) is 15.4. The van der Waals surface area contributed by atoms with Gasteiger partial charge < -0.3 is 10.5 Å². The molecule has 0 aliphatic heterocycles. The molecule has 3 nitrogen and oxygen atoms in total. The minimum atomic E-state index is 0.375. The maximum atomic E-state index is 6.24. The number of ether oxygens (including phenoxy) is 1. The monoisotopic (exact) mass is 298 g/mol. The van der Waals surface area contributed by atoms with Gasteiger partial charge in [0.2, 0.25) is 0 Å². The summed E-state index contributed by atoms with van der Waals surface area (Å²) in [5.74, 6) is 0.754. The molecule has 0 unspecified atom stereocenters. The molecule has 4 heteroatoms. The van der Waals surface area contributed by atoms with Gasteiger partial charge in [0.15, 0.2) is 0 Å². The van der Waals surface area contributed by atoms with Crippen LogP contribution in [0.25, 0.3) is 10.9 Å². The molecule has 0 fully saturated rings. The van der Waals surface area contributed by atoms with Gasteiger partial charge in [0.1, 0.15) is 17.5 Å². The third-order valence-electron chi connectivity index (χ3n) is 3.27. The summed E-state index contributed by atoms with van der Waals surface area (Å²) in [5.41, 5.74) is 9.29. The van der Waals surface area contributed by atoms with E-state index in [1.165, 1.54) is 0 Å². The van der Waals surface area contributed by atoms with Gasteiger partial charge in [-0.2, -0.15) is 0 Å². The van der Waals surface area contributed by atoms with Crippen molar-refractivity contribution in [3.63, 3.8) is 0 Å². The quantitative estimate of drug-likeness (QED) is 0.577. The fourth-order valence-corrected chi connectivity index (χ4v) is 2.32. The fraction of sp³-hybridized carbons (Fsp3) is 0.118. The van der Waals surface area contributed by atoms with Crippen molar-refractivity contribution in [2.24, 2.45) is 0 Å². The maximum Gasteiger partial charge on any atom is 0.136 e. The first-order valence-corrected chi connectivity index (χ1v) is 7.04. The highest BCUT2D eigenvalue weighted by atomic mass is 35.5. The number of nitrogens with two attached hydrogens (primary N) is 1. The van der Waals surface area contributed by atoms with Gasteiger partial charge in [0.05, 0.1) is 5.52 Å². The van der Waals surface area contributed by atoms with Gasteiger partial charge in [-0.25, -0.2) is 4.98 Å². The van der Waals surface area contributed by atoms with Crippen molar-refractivity contribution in [3.05, 3.63) is 64.8 Å². The molecule has 3 aromatic rings. The Morgan fingerprint density at radius 3 is 2.62 bits per heavy atom. The standard InChI is InChI=1S/C17H15ClN2O/c1-11-2-3-12-9-13(17(18)20-16(12)8-11)10-21-15-6-4-14(19)5-7-15/h2-9H,10,19H2,1H3. The number of hydrogen-bond acceptors (Lipinski definition) is 3. The van der Waals surface area contributed by atoms with Gasteiger partial charge >= 0.3 is 0 Å². The van der Waals surface area contributed by atoms with Gasteiger partial charge in [-0.3, -0.25) is 0 Å². The molecule has 0 bridgehead atoms. The highest BCUT2D eigenvalue weighted by Crippen LogP contribution is 2.23. The number of aromatic nitrogens is 1. The van der Waals surface area contributed by atoms with Crippen LogP contribution in [0.5, 0.6) is 5.75 Å². The Hall–Kier alpha value is -2.26. The lowest BCUT2D eigenvalue weighted by molar-refractivity contribution is 0.306. The first-order valence-electron chi connectivity index (χ1n) is 6.66. The number of halogens is 1. The van der Waals surface area contributed by atoms with Crippen molar-refractivity contribution in [1.82, 2.24) is 4.98 Å². The molecule has 0 aliphatic carbocycles. The van der Waals surface area contributed by atoms with E-state index in [0.717, 1.165) is 27.8 Å². The Morgan fingerprint density at radius 1 is 1.10 bits per heavy atom. The number of aryl methyl sites for hydroxylation is 1. The molecular weight excluding hydrogens is 284 g/mol. The Labute approximate surface area is 128 Å². The van der Waals surface area contributed by atoms with E-state index in [4.69, 9.17) is 22.1 Å². The van der Waals surface area contributed by atoms with Crippen molar-refractivity contribution >= 4 is 28.2 Å². The zero-order valence-corrected chi connectivity index (χ0v) is 12.4. The van der Waals surface area contributed by atoms with Crippen LogP contribution in [0.2, 0.25) is 5.15 Å². The summed E-state index contributed by atoms with van der Waals surface area (Å²) in [6.45, 7) is 2.41. The minimum Gasteiger partial charge on any atom is -0.489 e. The number of fused-ring (bicyclic) bond motifs is 1. The largest absolute Gasteiger partial charge is 0.489 e. The second kappa shape index (κ2) is 5.62. The maximum absolute atomic E-state index is 6.24. The predicted molar refractivity (Wildman–Crippen MR) is 86.7 cm³/mol. The average molecular weight is 299 g/mol. The van der Waals surface area contributed by atoms with E-state index in [9.17, 15) is 0 Å². The topological polar surface area (TPSA) is 48.1 Å². The van der Waals surface area contributed by atoms with Crippen LogP contribution in [-0.2, 0) is 6.61 Å². The molecule has 0 spiro atoms. The van der Waals surface area contributed by atoms with Crippen LogP contribution in [0, 0.1) is 6.92 Å². The molecule has 3 rings (SSSR count). The molecule has 1 heterocycles. The van der Waals surface area contributed by atoms with E-state index in [2.05, 4.69) is 11.1 Å². The SMILES string of the molecule is Cc1ccc2cc(COc3ccc(N)cc3)c(Cl)nc2c1. The van der Waals surface area contributed by atoms with Crippen molar-refractivity contribution in [1.29, 1.82) is 0 Å². The lowest BCUT2D eigenvalue weighted by Gasteiger charge is -2.09. The van der Waals surface area contributed by atoms with E-state index in [1.54, 1.807) is 12.1 Å². The smallest absolute Gasteiger partial charge is 0.136 e. The number of benzene rings is 2. The Bertz CT molecular complexity index is 785. The molecule has 0 saturated heterocycles. The number of anilines is 1. The van der Waals surface area contributed by atoms with Crippen LogP contribution < -0.4 is 10.5 Å². The molecule has 0 atom stereocenters. The minimum absolute atomic E-state index is 0.375. The highest BCUT2D eigenvalue weighted by molar-refractivity contribution is 6.30. The zero-order valence-electron chi connectivity index (χ0n) is 11.6. The number of nitrogen functional groups attached to an aromatic ring is 1. The molecule has 21 heavy (non-hydrogen) atoms. The normalized spacial score (nSPS) is 10.8. The van der Waals surface area contributed by atoms with Crippen LogP contribution in [0.4, 0.5) is 5.69 Å². The molecule has 0 aliphatic rings. The number of rotatable bonds is 3. The second-order valence-corrected chi connectivity index (χ2v) is 5.35. The van der Waals surface area contributed by atoms with Crippen molar-refractivity contribution in [3.8, 4) is 5.75 Å². The van der Waals surface area contributed by atoms with Crippen LogP contribution in [0.15, 0.2) is 48.5 Å². The third kappa shape index (κ3) is 3.09. The first kappa shape index (κ1) is 13.7. The molecule has 106 valence electrons. The van der Waals surface area contributed by atoms with Crippen LogP contribution in [0.3, 0.4) is 0 Å². The van der Waals surface area contributed by atoms with Crippen LogP contribution >= 0.6 is 11.6 Å². The zero-order chi connectivity index (χ0) is 14.8. The summed E-state index contributed by atoms with van der Waals surface area (Å²) in [6.07, 6.45) is 0. The van der Waals surface area contributed by atoms with E-state index >= 15 is 0 Å². The van der Waals surface area contributed by atoms with E-state index in [0.29, 0.717) is 17.4 Å². The summed E-state index contributed by atoms with van der Waals surface area (Å²) in [7, 11) is 0. The molecule has 2 N–H and O–H groups in total. The molecule has 2 aromatic carbocycles. The van der Waals surface area contributed by atoms with Crippen molar-refractivity contribution in [2.45, 2.75) is 13.5 Å². The highest BCUT2D eigenvalue weighted by Gasteiger charge is 2.06. The Balaban J connectivity index is 1.85. The van der Waals surface area contributed by atoms with E-state index in [-0.39, 0.29) is 0 Å². The molecule has 1 aromatic heterocycles. The molecular formula is C17H15ClN2O. The van der Waals surface area contributed by atoms with E-state index < -0.39 is 0 Å². The predicted octanol–water partition coefficient (Wildman–Crippen LogP) is 4.36. The Morgan fingerprint density at radius 2 is 1.86 bits per heavy atom. The van der Waals surface area contributed by atoms with Crippen molar-refractivity contribution in [2.75, 3.05) is 5.73 Å². The molecule has 0 saturated carbocycles. The number of nitrogens with zero attached hydrogens (tertiary/aromatic N) is 1. The fourth-order valence-electron chi connectivity index (χ4n) is 2.12. The average Bonchev–Trinajstić information content (AvgIpc) is 2.47. The number of pyridine rings is 1. The lowest BCUT2D eigenvalue weighted by atomic mass is 10.1. The number of hydrogen-bond donors (Lipinski definition) is 1. The van der Waals surface area contributed by atoms with Crippen LogP contribution in [0.1, 0.15) is 11.1 Å². The van der Waals surface area contributed by atoms with Gasteiger partial charge in [0.25, 0.3) is 0 Å². The van der Waals surface area contributed by atoms with Gasteiger partial charge in [-0.15, -0.1) is 0 Å². The summed E-state index contributed by atoms with van der Waals surface area (Å²) < 4.78 is 5.72. The Kier molecular flexibility index (Phi) is 3.67. The van der Waals surface area contributed by atoms with Crippen molar-refractivity contribution < 1.29 is 4.74 Å². The molecule has 0 amide bonds. The first-order chi connectivity index (χ1) is 10.1. The lowest BCUT2D eigenvalue weighted by Crippen LogP contribution is -1.98. The second-order valence-electron chi connectivity index (χ2n) is 4.99. The summed E-state index contributed by atoms with van der Waals surface area (Å²) >= 11 is 6.24. The van der Waals surface area contributed by atoms with Crippen LogP contribution in [-0.4, -0.2) is 4.98 Å². The summed E-state index contributed by atoms with van der Waals surface area (Å²) in [4.78, 5) is 4.43. The van der Waals surface area contributed by atoms with E-state index in [1.807, 2.05) is 37.3 Å². The third-order valence-corrected chi connectivity index (χ3v) is 3.60. The van der Waals surface area contributed by atoms with Gasteiger partial charge in [0, 0.05) is 16.6 Å². The summed E-state index contributed by atoms with van der Waals surface area (Å²) in [5, 5.41) is 1.53. The van der Waals surface area contributed by atoms with Gasteiger partial charge in [-0.05, 0) is 48.9 Å². The van der Waals surface area contributed by atoms with Gasteiger partial charge in [-0.1, -0.05) is 23.7 Å². The molecule has 0 radical (unpaired) electrons.